The van der Waals surface area contributed by atoms with Crippen molar-refractivity contribution in [2.24, 2.45) is 9.98 Å². The lowest BCUT2D eigenvalue weighted by molar-refractivity contribution is -0.138. The number of aromatic hydroxyl groups is 1. The number of carbonyl (C=O) groups is 1. The van der Waals surface area contributed by atoms with Crippen LogP contribution in [0.1, 0.15) is 36.1 Å². The summed E-state index contributed by atoms with van der Waals surface area (Å²) < 4.78 is 47.7. The first-order valence-electron chi connectivity index (χ1n) is 10.2. The summed E-state index contributed by atoms with van der Waals surface area (Å²) in [4.78, 5) is 19.0. The fraction of sp³-hybridized carbons (Fsp3) is 0.273. The second kappa shape index (κ2) is 9.55. The average molecular weight is 510 g/mol. The lowest BCUT2D eigenvalue weighted by Crippen LogP contribution is -2.10. The molecule has 0 saturated carbocycles. The van der Waals surface area contributed by atoms with Gasteiger partial charge < -0.3 is 14.6 Å². The quantitative estimate of drug-likeness (QED) is 0.357. The molecule has 12 heteroatoms. The number of rotatable bonds is 7. The van der Waals surface area contributed by atoms with Crippen molar-refractivity contribution in [1.82, 2.24) is 4.57 Å². The lowest BCUT2D eigenvalue weighted by atomic mass is 10.1. The van der Waals surface area contributed by atoms with Crippen LogP contribution in [-0.4, -0.2) is 27.1 Å². The summed E-state index contributed by atoms with van der Waals surface area (Å²) in [5, 5.41) is 19.7. The number of thiazole rings is 1. The van der Waals surface area contributed by atoms with E-state index in [1.807, 2.05) is 0 Å². The molecule has 3 heterocycles. The molecule has 0 amide bonds. The number of halogens is 3. The first-order valence-corrected chi connectivity index (χ1v) is 11.4. The van der Waals surface area contributed by atoms with Gasteiger partial charge in [-0.15, -0.1) is 11.3 Å². The summed E-state index contributed by atoms with van der Waals surface area (Å²) in [5.74, 6) is -0.893. The third-order valence-electron chi connectivity index (χ3n) is 5.13. The Kier molecular flexibility index (Phi) is 6.71. The Morgan fingerprint density at radius 2 is 2.03 bits per heavy atom. The first kappa shape index (κ1) is 23.9. The predicted octanol–water partition coefficient (Wildman–Crippen LogP) is 4.65. The monoisotopic (exact) mass is 509 g/mol. The van der Waals surface area contributed by atoms with E-state index in [1.54, 1.807) is 16.7 Å². The molecule has 34 heavy (non-hydrogen) atoms. The maximum Gasteiger partial charge on any atom is 0.416 e. The molecule has 0 saturated heterocycles. The van der Waals surface area contributed by atoms with Crippen LogP contribution in [0, 0.1) is 14.6 Å². The SMILES string of the molecule is O=C(O)CCCCCn1c(O)c(C=c2ccc(=c3cc(C(F)(F)F)cc4c3=NC=N4)o2)sc1=S. The molecule has 0 unspecified atom stereocenters. The van der Waals surface area contributed by atoms with Crippen molar-refractivity contribution in [3.05, 3.63) is 60.1 Å². The molecule has 0 bridgehead atoms. The van der Waals surface area contributed by atoms with Gasteiger partial charge >= 0.3 is 12.1 Å². The first-order chi connectivity index (χ1) is 16.1. The summed E-state index contributed by atoms with van der Waals surface area (Å²) in [6.45, 7) is 0.440. The van der Waals surface area contributed by atoms with Crippen LogP contribution in [0.15, 0.2) is 38.7 Å². The molecule has 2 aromatic heterocycles. The Labute approximate surface area is 199 Å². The van der Waals surface area contributed by atoms with Crippen LogP contribution >= 0.6 is 23.6 Å². The third kappa shape index (κ3) is 5.12. The summed E-state index contributed by atoms with van der Waals surface area (Å²) in [6, 6.07) is 5.03. The number of aromatic nitrogens is 1. The number of alkyl halides is 3. The standard InChI is InChI=1S/C22H18F3N3O4S2/c23-22(24,25)12-8-14(19-15(9-12)26-11-27-19)16-6-5-13(32-16)10-17-20(31)28(21(33)34-17)7-3-1-2-4-18(29)30/h5-6,8-11,31H,1-4,7H2,(H,29,30). The van der Waals surface area contributed by atoms with Gasteiger partial charge in [0, 0.05) is 24.3 Å². The van der Waals surface area contributed by atoms with Gasteiger partial charge in [0.15, 0.2) is 3.95 Å². The van der Waals surface area contributed by atoms with Gasteiger partial charge in [-0.3, -0.25) is 9.36 Å². The van der Waals surface area contributed by atoms with Crippen molar-refractivity contribution < 1.29 is 32.6 Å². The van der Waals surface area contributed by atoms with Gasteiger partial charge in [-0.2, -0.15) is 13.2 Å². The molecule has 2 N–H and O–H groups in total. The zero-order chi connectivity index (χ0) is 24.5. The van der Waals surface area contributed by atoms with Crippen molar-refractivity contribution in [2.75, 3.05) is 0 Å². The highest BCUT2D eigenvalue weighted by molar-refractivity contribution is 7.73. The molecule has 178 valence electrons. The highest BCUT2D eigenvalue weighted by atomic mass is 32.1. The molecule has 0 fully saturated rings. The Morgan fingerprint density at radius 3 is 2.76 bits per heavy atom. The topological polar surface area (TPSA) is 100 Å². The summed E-state index contributed by atoms with van der Waals surface area (Å²) in [7, 11) is 0. The average Bonchev–Trinajstić information content (AvgIpc) is 3.48. The van der Waals surface area contributed by atoms with Crippen molar-refractivity contribution in [3.63, 3.8) is 0 Å². The van der Waals surface area contributed by atoms with Gasteiger partial charge in [0.2, 0.25) is 5.88 Å². The molecule has 1 aromatic carbocycles. The summed E-state index contributed by atoms with van der Waals surface area (Å²) in [5.41, 5.74) is -0.236. The van der Waals surface area contributed by atoms with Crippen LogP contribution in [0.5, 0.6) is 5.88 Å². The van der Waals surface area contributed by atoms with Crippen LogP contribution in [0.2, 0.25) is 0 Å². The fourth-order valence-electron chi connectivity index (χ4n) is 3.49. The highest BCUT2D eigenvalue weighted by Gasteiger charge is 2.31. The van der Waals surface area contributed by atoms with E-state index in [1.165, 1.54) is 23.7 Å². The number of hydrogen-bond donors (Lipinski definition) is 2. The number of carboxylic acid groups (broad SMARTS) is 1. The van der Waals surface area contributed by atoms with E-state index in [-0.39, 0.29) is 28.6 Å². The molecular formula is C22H18F3N3O4S2. The Morgan fingerprint density at radius 1 is 1.24 bits per heavy atom. The Balaban J connectivity index is 1.68. The van der Waals surface area contributed by atoms with E-state index in [2.05, 4.69) is 9.98 Å². The van der Waals surface area contributed by atoms with Gasteiger partial charge in [-0.1, -0.05) is 6.42 Å². The molecular weight excluding hydrogens is 491 g/mol. The maximum atomic E-state index is 13.3. The van der Waals surface area contributed by atoms with Gasteiger partial charge in [0.1, 0.15) is 22.5 Å². The zero-order valence-electron chi connectivity index (χ0n) is 17.5. The van der Waals surface area contributed by atoms with E-state index >= 15 is 0 Å². The van der Waals surface area contributed by atoms with Gasteiger partial charge in [0.25, 0.3) is 0 Å². The van der Waals surface area contributed by atoms with Crippen molar-refractivity contribution >= 4 is 47.6 Å². The number of unbranched alkanes of at least 4 members (excludes halogenated alkanes) is 2. The summed E-state index contributed by atoms with van der Waals surface area (Å²) >= 11 is 6.49. The van der Waals surface area contributed by atoms with E-state index in [4.69, 9.17) is 21.7 Å². The zero-order valence-corrected chi connectivity index (χ0v) is 19.1. The number of fused-ring (bicyclic) bond motifs is 1. The van der Waals surface area contributed by atoms with E-state index in [0.717, 1.165) is 12.1 Å². The number of aliphatic imine (C=N–C) groups is 1. The smallest absolute Gasteiger partial charge is 0.416 e. The van der Waals surface area contributed by atoms with Gasteiger partial charge in [-0.05, 0) is 49.3 Å². The van der Waals surface area contributed by atoms with Crippen LogP contribution < -0.4 is 10.8 Å². The molecule has 4 rings (SSSR count). The van der Waals surface area contributed by atoms with E-state index < -0.39 is 17.7 Å². The van der Waals surface area contributed by atoms with Crippen molar-refractivity contribution in [1.29, 1.82) is 0 Å². The Hall–Kier alpha value is -3.25. The molecule has 1 aliphatic rings. The maximum absolute atomic E-state index is 13.3. The van der Waals surface area contributed by atoms with Gasteiger partial charge in [-0.25, -0.2) is 9.98 Å². The highest BCUT2D eigenvalue weighted by Crippen LogP contribution is 2.31. The molecule has 0 aliphatic carbocycles. The van der Waals surface area contributed by atoms with E-state index in [0.29, 0.717) is 45.4 Å². The molecule has 1 aliphatic heterocycles. The fourth-order valence-corrected chi connectivity index (χ4v) is 4.79. The third-order valence-corrected chi connectivity index (χ3v) is 6.52. The number of aliphatic carboxylic acids is 1. The minimum absolute atomic E-state index is 0.0467. The van der Waals surface area contributed by atoms with Crippen LogP contribution in [0.4, 0.5) is 18.9 Å². The number of carboxylic acids is 1. The summed E-state index contributed by atoms with van der Waals surface area (Å²) in [6.07, 6.45) is 0.171. The molecule has 3 aromatic rings. The second-order valence-electron chi connectivity index (χ2n) is 7.52. The number of hydrogen-bond acceptors (Lipinski definition) is 7. The van der Waals surface area contributed by atoms with E-state index in [9.17, 15) is 23.1 Å². The second-order valence-corrected chi connectivity index (χ2v) is 9.20. The number of furan rings is 1. The van der Waals surface area contributed by atoms with Crippen LogP contribution in [-0.2, 0) is 17.5 Å². The van der Waals surface area contributed by atoms with Crippen LogP contribution in [0.3, 0.4) is 0 Å². The molecule has 0 spiro atoms. The van der Waals surface area contributed by atoms with Gasteiger partial charge in [0.05, 0.1) is 16.1 Å². The Bertz CT molecular complexity index is 1550. The minimum atomic E-state index is -4.55. The molecule has 0 radical (unpaired) electrons. The minimum Gasteiger partial charge on any atom is -0.493 e. The largest absolute Gasteiger partial charge is 0.493 e. The lowest BCUT2D eigenvalue weighted by Gasteiger charge is -2.06. The number of nitrogens with zero attached hydrogens (tertiary/aromatic N) is 3. The normalized spacial score (nSPS) is 14.4. The van der Waals surface area contributed by atoms with Crippen LogP contribution in [0.25, 0.3) is 6.08 Å². The van der Waals surface area contributed by atoms with Crippen molar-refractivity contribution in [2.45, 2.75) is 38.4 Å². The molecule has 7 nitrogen and oxygen atoms in total. The van der Waals surface area contributed by atoms with Crippen molar-refractivity contribution in [3.8, 4) is 5.88 Å². The predicted molar refractivity (Wildman–Crippen MR) is 121 cm³/mol. The molecule has 0 atom stereocenters. The number of benzene rings is 1.